The Bertz CT molecular complexity index is 1620. The molecule has 5 aromatic carbocycles. The van der Waals surface area contributed by atoms with Gasteiger partial charge in [-0.3, -0.25) is 4.98 Å². The van der Waals surface area contributed by atoms with E-state index in [-0.39, 0.29) is 0 Å². The molecule has 40 heavy (non-hydrogen) atoms. The lowest BCUT2D eigenvalue weighted by Crippen LogP contribution is -2.33. The molecule has 0 aliphatic rings. The molecule has 6 rings (SSSR count). The van der Waals surface area contributed by atoms with Gasteiger partial charge in [-0.25, -0.2) is 0 Å². The fraction of sp³-hybridized carbons (Fsp3) is 0. The van der Waals surface area contributed by atoms with Crippen molar-refractivity contribution in [2.45, 2.75) is 0 Å². The van der Waals surface area contributed by atoms with Gasteiger partial charge in [0.25, 0.3) is 0 Å². The minimum absolute atomic E-state index is 0.641. The lowest BCUT2D eigenvalue weighted by Gasteiger charge is -2.28. The Kier molecular flexibility index (Phi) is 7.18. The summed E-state index contributed by atoms with van der Waals surface area (Å²) in [6.45, 7) is 0. The fourth-order valence-corrected chi connectivity index (χ4v) is 11.2. The van der Waals surface area contributed by atoms with Gasteiger partial charge in [0.1, 0.15) is 0 Å². The van der Waals surface area contributed by atoms with Crippen LogP contribution in [-0.2, 0) is 9.13 Å². The maximum Gasteiger partial charge on any atom is 0.171 e. The lowest BCUT2D eigenvalue weighted by molar-refractivity contribution is 0.592. The van der Waals surface area contributed by atoms with Crippen molar-refractivity contribution < 1.29 is 9.13 Å². The Labute approximate surface area is 235 Å². The monoisotopic (exact) mass is 555 g/mol. The zero-order valence-electron chi connectivity index (χ0n) is 21.7. The van der Waals surface area contributed by atoms with Crippen LogP contribution in [0.1, 0.15) is 0 Å². The highest BCUT2D eigenvalue weighted by atomic mass is 31.2. The van der Waals surface area contributed by atoms with Crippen molar-refractivity contribution >= 4 is 46.1 Å². The van der Waals surface area contributed by atoms with Crippen LogP contribution < -0.4 is 31.8 Å². The lowest BCUT2D eigenvalue weighted by atomic mass is 10.1. The number of hydrogen-bond donors (Lipinski definition) is 0. The molecule has 0 unspecified atom stereocenters. The fourth-order valence-electron chi connectivity index (χ4n) is 5.27. The van der Waals surface area contributed by atoms with Gasteiger partial charge in [0.05, 0.1) is 0 Å². The smallest absolute Gasteiger partial charge is 0.171 e. The molecule has 1 heterocycles. The molecule has 0 atom stereocenters. The summed E-state index contributed by atoms with van der Waals surface area (Å²) in [4.78, 5) is 4.42. The molecule has 5 heteroatoms. The van der Waals surface area contributed by atoms with Gasteiger partial charge in [0, 0.05) is 55.3 Å². The zero-order valence-corrected chi connectivity index (χ0v) is 23.5. The SMILES string of the molecule is O=P(c1ccccc1)(c1ccccc1)c1cccc(P(=O)(c2ccccc2)c2ccccc2)c1-c1cccnc1. The summed E-state index contributed by atoms with van der Waals surface area (Å²) in [6.07, 6.45) is 3.48. The van der Waals surface area contributed by atoms with Gasteiger partial charge < -0.3 is 9.13 Å². The molecule has 6 aromatic rings. The van der Waals surface area contributed by atoms with E-state index >= 15 is 9.13 Å². The molecule has 3 nitrogen and oxygen atoms in total. The number of pyridine rings is 1. The zero-order chi connectivity index (χ0) is 27.4. The van der Waals surface area contributed by atoms with Gasteiger partial charge >= 0.3 is 0 Å². The summed E-state index contributed by atoms with van der Waals surface area (Å²) in [6, 6.07) is 47.9. The van der Waals surface area contributed by atoms with Gasteiger partial charge in [-0.05, 0) is 6.07 Å². The predicted octanol–water partition coefficient (Wildman–Crippen LogP) is 6.03. The molecule has 0 saturated heterocycles. The number of nitrogens with zero attached hydrogens (tertiary/aromatic N) is 1. The van der Waals surface area contributed by atoms with E-state index in [1.165, 1.54) is 0 Å². The van der Waals surface area contributed by atoms with Gasteiger partial charge in [0.2, 0.25) is 0 Å². The standard InChI is InChI=1S/C35H27NO2P2/c37-39(29-16-5-1-6-17-29,30-18-7-2-8-19-30)33-24-13-25-34(35(33)28-15-14-26-36-27-28)40(38,31-20-9-3-10-21-31)32-22-11-4-12-23-32/h1-27H. The molecular weight excluding hydrogens is 528 g/mol. The van der Waals surface area contributed by atoms with E-state index < -0.39 is 14.3 Å². The summed E-state index contributed by atoms with van der Waals surface area (Å²) in [5, 5.41) is 4.16. The van der Waals surface area contributed by atoms with Crippen LogP contribution in [0.15, 0.2) is 164 Å². The third kappa shape index (κ3) is 4.48. The molecule has 0 fully saturated rings. The molecule has 0 spiro atoms. The van der Waals surface area contributed by atoms with E-state index in [2.05, 4.69) is 4.98 Å². The summed E-state index contributed by atoms with van der Waals surface area (Å²) >= 11 is 0. The average Bonchev–Trinajstić information content (AvgIpc) is 3.05. The van der Waals surface area contributed by atoms with Crippen LogP contribution in [0.3, 0.4) is 0 Å². The van der Waals surface area contributed by atoms with Crippen molar-refractivity contribution in [2.24, 2.45) is 0 Å². The maximum atomic E-state index is 15.7. The third-order valence-corrected chi connectivity index (χ3v) is 13.3. The Hall–Kier alpha value is -4.29. The van der Waals surface area contributed by atoms with Crippen molar-refractivity contribution in [3.8, 4) is 11.1 Å². The molecule has 0 aliphatic carbocycles. The van der Waals surface area contributed by atoms with E-state index in [1.807, 2.05) is 152 Å². The Morgan fingerprint density at radius 3 is 1.10 bits per heavy atom. The normalized spacial score (nSPS) is 11.7. The highest BCUT2D eigenvalue weighted by Crippen LogP contribution is 2.49. The summed E-state index contributed by atoms with van der Waals surface area (Å²) in [7, 11) is -6.82. The number of benzene rings is 5. The molecule has 0 bridgehead atoms. The van der Waals surface area contributed by atoms with Gasteiger partial charge in [-0.1, -0.05) is 146 Å². The second kappa shape index (κ2) is 11.1. The van der Waals surface area contributed by atoms with Crippen molar-refractivity contribution in [1.29, 1.82) is 0 Å². The van der Waals surface area contributed by atoms with Crippen molar-refractivity contribution in [1.82, 2.24) is 4.98 Å². The number of rotatable bonds is 7. The van der Waals surface area contributed by atoms with Crippen LogP contribution in [-0.4, -0.2) is 4.98 Å². The van der Waals surface area contributed by atoms with Gasteiger partial charge in [-0.15, -0.1) is 0 Å². The molecule has 194 valence electrons. The second-order valence-corrected chi connectivity index (χ2v) is 14.9. The second-order valence-electron chi connectivity index (χ2n) is 9.47. The number of aromatic nitrogens is 1. The first-order valence-electron chi connectivity index (χ1n) is 13.1. The van der Waals surface area contributed by atoms with Crippen LogP contribution in [0, 0.1) is 0 Å². The first-order valence-corrected chi connectivity index (χ1v) is 16.5. The van der Waals surface area contributed by atoms with Crippen LogP contribution in [0.4, 0.5) is 0 Å². The van der Waals surface area contributed by atoms with E-state index in [1.54, 1.807) is 12.4 Å². The first kappa shape index (κ1) is 26.0. The summed E-state index contributed by atoms with van der Waals surface area (Å²) in [5.74, 6) is 0. The summed E-state index contributed by atoms with van der Waals surface area (Å²) in [5.41, 5.74) is 1.47. The van der Waals surface area contributed by atoms with Crippen LogP contribution in [0.5, 0.6) is 0 Å². The minimum Gasteiger partial charge on any atom is -0.309 e. The Morgan fingerprint density at radius 1 is 0.400 bits per heavy atom. The van der Waals surface area contributed by atoms with Crippen molar-refractivity contribution in [3.63, 3.8) is 0 Å². The first-order chi connectivity index (χ1) is 19.6. The molecule has 0 radical (unpaired) electrons. The van der Waals surface area contributed by atoms with Crippen molar-refractivity contribution in [2.75, 3.05) is 0 Å². The van der Waals surface area contributed by atoms with E-state index in [0.717, 1.165) is 26.8 Å². The third-order valence-electron chi connectivity index (χ3n) is 7.13. The average molecular weight is 556 g/mol. The van der Waals surface area contributed by atoms with E-state index in [0.29, 0.717) is 16.2 Å². The highest BCUT2D eigenvalue weighted by molar-refractivity contribution is 7.87. The molecule has 0 aliphatic heterocycles. The van der Waals surface area contributed by atoms with Crippen molar-refractivity contribution in [3.05, 3.63) is 164 Å². The molecular formula is C35H27NO2P2. The topological polar surface area (TPSA) is 47.0 Å². The van der Waals surface area contributed by atoms with E-state index in [9.17, 15) is 0 Å². The quantitative estimate of drug-likeness (QED) is 0.226. The van der Waals surface area contributed by atoms with Gasteiger partial charge in [-0.2, -0.15) is 0 Å². The molecule has 1 aromatic heterocycles. The predicted molar refractivity (Wildman–Crippen MR) is 168 cm³/mol. The Balaban J connectivity index is 1.77. The van der Waals surface area contributed by atoms with Crippen LogP contribution >= 0.6 is 14.3 Å². The maximum absolute atomic E-state index is 15.7. The Morgan fingerprint density at radius 2 is 0.775 bits per heavy atom. The minimum atomic E-state index is -3.41. The largest absolute Gasteiger partial charge is 0.309 e. The number of hydrogen-bond acceptors (Lipinski definition) is 3. The molecule has 0 saturated carbocycles. The summed E-state index contributed by atoms with van der Waals surface area (Å²) < 4.78 is 31.3. The van der Waals surface area contributed by atoms with E-state index in [4.69, 9.17) is 0 Å². The van der Waals surface area contributed by atoms with Crippen LogP contribution in [0.25, 0.3) is 11.1 Å². The highest BCUT2D eigenvalue weighted by Gasteiger charge is 2.38. The van der Waals surface area contributed by atoms with Crippen LogP contribution in [0.2, 0.25) is 0 Å². The molecule has 0 N–H and O–H groups in total. The van der Waals surface area contributed by atoms with Gasteiger partial charge in [0.15, 0.2) is 14.3 Å². The molecule has 0 amide bonds.